The van der Waals surface area contributed by atoms with Gasteiger partial charge in [0.2, 0.25) is 0 Å². The lowest BCUT2D eigenvalue weighted by molar-refractivity contribution is 0.0954. The standard InChI is InChI=1S/C23H18FN3O2/c24-19-8-4-7-17(11-19)23(28)27-26-14-18-13-25-22-12-20(9-10-21(18)22)29-15-16-5-2-1-3-6-16/h1-14,25H,15H2,(H,27,28)/b26-14+. The van der Waals surface area contributed by atoms with Crippen molar-refractivity contribution in [3.63, 3.8) is 0 Å². The Kier molecular flexibility index (Phi) is 5.33. The van der Waals surface area contributed by atoms with Crippen molar-refractivity contribution in [1.29, 1.82) is 0 Å². The van der Waals surface area contributed by atoms with Crippen molar-refractivity contribution < 1.29 is 13.9 Å². The molecule has 1 amide bonds. The van der Waals surface area contributed by atoms with Gasteiger partial charge in [-0.25, -0.2) is 9.82 Å². The number of nitrogens with zero attached hydrogens (tertiary/aromatic N) is 1. The molecule has 5 nitrogen and oxygen atoms in total. The highest BCUT2D eigenvalue weighted by molar-refractivity contribution is 6.00. The maximum Gasteiger partial charge on any atom is 0.271 e. The second-order valence-corrected chi connectivity index (χ2v) is 6.44. The number of amides is 1. The summed E-state index contributed by atoms with van der Waals surface area (Å²) in [7, 11) is 0. The average Bonchev–Trinajstić information content (AvgIpc) is 3.15. The van der Waals surface area contributed by atoms with Crippen LogP contribution in [0.1, 0.15) is 21.5 Å². The van der Waals surface area contributed by atoms with Gasteiger partial charge >= 0.3 is 0 Å². The van der Waals surface area contributed by atoms with Crippen molar-refractivity contribution in [3.05, 3.63) is 102 Å². The first-order valence-electron chi connectivity index (χ1n) is 9.06. The highest BCUT2D eigenvalue weighted by Gasteiger charge is 2.06. The summed E-state index contributed by atoms with van der Waals surface area (Å²) in [5.41, 5.74) is 5.42. The molecule has 0 saturated heterocycles. The van der Waals surface area contributed by atoms with E-state index < -0.39 is 11.7 Å². The molecule has 0 fully saturated rings. The number of ether oxygens (including phenoxy) is 1. The van der Waals surface area contributed by atoms with E-state index in [1.165, 1.54) is 18.2 Å². The number of hydrogen-bond acceptors (Lipinski definition) is 3. The first kappa shape index (κ1) is 18.4. The van der Waals surface area contributed by atoms with Gasteiger partial charge in [-0.3, -0.25) is 4.79 Å². The van der Waals surface area contributed by atoms with Crippen LogP contribution in [0, 0.1) is 5.82 Å². The van der Waals surface area contributed by atoms with Crippen LogP contribution in [0.4, 0.5) is 4.39 Å². The molecule has 1 heterocycles. The number of aromatic amines is 1. The molecular formula is C23H18FN3O2. The highest BCUT2D eigenvalue weighted by atomic mass is 19.1. The predicted octanol–water partition coefficient (Wildman–Crippen LogP) is 4.65. The van der Waals surface area contributed by atoms with Crippen LogP contribution in [0.2, 0.25) is 0 Å². The fourth-order valence-electron chi connectivity index (χ4n) is 2.92. The van der Waals surface area contributed by atoms with Crippen molar-refractivity contribution in [2.75, 3.05) is 0 Å². The number of H-pyrrole nitrogens is 1. The summed E-state index contributed by atoms with van der Waals surface area (Å²) in [6.07, 6.45) is 3.34. The minimum Gasteiger partial charge on any atom is -0.489 e. The molecule has 0 saturated carbocycles. The fourth-order valence-corrected chi connectivity index (χ4v) is 2.92. The number of carbonyl (C=O) groups is 1. The molecule has 29 heavy (non-hydrogen) atoms. The van der Waals surface area contributed by atoms with Gasteiger partial charge in [-0.05, 0) is 35.9 Å². The maximum atomic E-state index is 13.2. The van der Waals surface area contributed by atoms with E-state index in [1.54, 1.807) is 12.4 Å². The molecular weight excluding hydrogens is 369 g/mol. The number of rotatable bonds is 6. The van der Waals surface area contributed by atoms with Gasteiger partial charge in [-0.2, -0.15) is 5.10 Å². The Morgan fingerprint density at radius 1 is 1.07 bits per heavy atom. The molecule has 0 radical (unpaired) electrons. The summed E-state index contributed by atoms with van der Waals surface area (Å²) in [5, 5.41) is 4.92. The van der Waals surface area contributed by atoms with Crippen molar-refractivity contribution in [2.45, 2.75) is 6.61 Å². The fraction of sp³-hybridized carbons (Fsp3) is 0.0435. The summed E-state index contributed by atoms with van der Waals surface area (Å²) in [6.45, 7) is 0.494. The number of hydrazone groups is 1. The van der Waals surface area contributed by atoms with Crippen molar-refractivity contribution in [1.82, 2.24) is 10.4 Å². The van der Waals surface area contributed by atoms with Crippen LogP contribution in [0.5, 0.6) is 5.75 Å². The van der Waals surface area contributed by atoms with Crippen molar-refractivity contribution in [3.8, 4) is 5.75 Å². The third-order valence-corrected chi connectivity index (χ3v) is 4.39. The SMILES string of the molecule is O=C(N/N=C/c1c[nH]c2cc(OCc3ccccc3)ccc12)c1cccc(F)c1. The zero-order valence-electron chi connectivity index (χ0n) is 15.4. The summed E-state index contributed by atoms with van der Waals surface area (Å²) in [5.74, 6) is -0.188. The smallest absolute Gasteiger partial charge is 0.271 e. The molecule has 3 aromatic carbocycles. The number of benzene rings is 3. The Balaban J connectivity index is 1.42. The molecule has 4 aromatic rings. The van der Waals surface area contributed by atoms with Gasteiger partial charge in [0.05, 0.1) is 6.21 Å². The minimum atomic E-state index is -0.475. The normalized spacial score (nSPS) is 11.1. The first-order chi connectivity index (χ1) is 14.2. The molecule has 0 aliphatic rings. The van der Waals surface area contributed by atoms with Crippen molar-refractivity contribution >= 4 is 23.0 Å². The van der Waals surface area contributed by atoms with Gasteiger partial charge in [0.1, 0.15) is 18.2 Å². The summed E-state index contributed by atoms with van der Waals surface area (Å²) < 4.78 is 19.0. The summed E-state index contributed by atoms with van der Waals surface area (Å²) >= 11 is 0. The van der Waals surface area contributed by atoms with E-state index >= 15 is 0 Å². The maximum absolute atomic E-state index is 13.2. The molecule has 4 rings (SSSR count). The lowest BCUT2D eigenvalue weighted by atomic mass is 10.2. The quantitative estimate of drug-likeness (QED) is 0.374. The zero-order valence-corrected chi connectivity index (χ0v) is 15.4. The molecule has 0 bridgehead atoms. The largest absolute Gasteiger partial charge is 0.489 e. The summed E-state index contributed by atoms with van der Waals surface area (Å²) in [4.78, 5) is 15.2. The summed E-state index contributed by atoms with van der Waals surface area (Å²) in [6, 6.07) is 21.1. The number of aromatic nitrogens is 1. The van der Waals surface area contributed by atoms with E-state index in [0.717, 1.165) is 33.8 Å². The third kappa shape index (κ3) is 4.50. The third-order valence-electron chi connectivity index (χ3n) is 4.39. The van der Waals surface area contributed by atoms with Gasteiger partial charge in [0.25, 0.3) is 5.91 Å². The van der Waals surface area contributed by atoms with Gasteiger partial charge in [-0.15, -0.1) is 0 Å². The van der Waals surface area contributed by atoms with Crippen LogP contribution in [-0.4, -0.2) is 17.1 Å². The minimum absolute atomic E-state index is 0.210. The number of fused-ring (bicyclic) bond motifs is 1. The van der Waals surface area contributed by atoms with E-state index in [2.05, 4.69) is 15.5 Å². The highest BCUT2D eigenvalue weighted by Crippen LogP contribution is 2.23. The number of halogens is 1. The van der Waals surface area contributed by atoms with E-state index in [1.807, 2.05) is 48.5 Å². The second-order valence-electron chi connectivity index (χ2n) is 6.44. The monoisotopic (exact) mass is 387 g/mol. The Hall–Kier alpha value is -3.93. The number of carbonyl (C=O) groups excluding carboxylic acids is 1. The lowest BCUT2D eigenvalue weighted by Gasteiger charge is -2.06. The van der Waals surface area contributed by atoms with Crippen LogP contribution >= 0.6 is 0 Å². The Morgan fingerprint density at radius 2 is 1.93 bits per heavy atom. The van der Waals surface area contributed by atoms with Gasteiger partial charge < -0.3 is 9.72 Å². The Morgan fingerprint density at radius 3 is 2.76 bits per heavy atom. The molecule has 6 heteroatoms. The number of nitrogens with one attached hydrogen (secondary N) is 2. The van der Waals surface area contributed by atoms with E-state index in [9.17, 15) is 9.18 Å². The van der Waals surface area contributed by atoms with Gasteiger partial charge in [-0.1, -0.05) is 36.4 Å². The molecule has 144 valence electrons. The van der Waals surface area contributed by atoms with E-state index in [4.69, 9.17) is 4.74 Å². The first-order valence-corrected chi connectivity index (χ1v) is 9.06. The van der Waals surface area contributed by atoms with E-state index in [-0.39, 0.29) is 5.56 Å². The molecule has 0 aliphatic carbocycles. The molecule has 0 aliphatic heterocycles. The van der Waals surface area contributed by atoms with E-state index in [0.29, 0.717) is 6.61 Å². The van der Waals surface area contributed by atoms with Crippen LogP contribution in [0.15, 0.2) is 84.1 Å². The predicted molar refractivity (Wildman–Crippen MR) is 111 cm³/mol. The van der Waals surface area contributed by atoms with Crippen LogP contribution in [0.3, 0.4) is 0 Å². The molecule has 0 spiro atoms. The van der Waals surface area contributed by atoms with Gasteiger partial charge in [0.15, 0.2) is 0 Å². The number of hydrogen-bond donors (Lipinski definition) is 2. The van der Waals surface area contributed by atoms with Gasteiger partial charge in [0, 0.05) is 34.3 Å². The van der Waals surface area contributed by atoms with Crippen molar-refractivity contribution in [2.24, 2.45) is 5.10 Å². The lowest BCUT2D eigenvalue weighted by Crippen LogP contribution is -2.17. The van der Waals surface area contributed by atoms with Crippen LogP contribution < -0.4 is 10.2 Å². The average molecular weight is 387 g/mol. The molecule has 1 aromatic heterocycles. The second kappa shape index (κ2) is 8.39. The molecule has 2 N–H and O–H groups in total. The molecule has 0 atom stereocenters. The van der Waals surface area contributed by atoms with Crippen LogP contribution in [-0.2, 0) is 6.61 Å². The Labute approximate surface area is 166 Å². The molecule has 0 unspecified atom stereocenters. The zero-order chi connectivity index (χ0) is 20.1. The Bertz CT molecular complexity index is 1170. The topological polar surface area (TPSA) is 66.5 Å². The van der Waals surface area contributed by atoms with Crippen LogP contribution in [0.25, 0.3) is 10.9 Å².